The van der Waals surface area contributed by atoms with Crippen LogP contribution in [0.4, 0.5) is 0 Å². The molecular weight excluding hydrogens is 320 g/mol. The first-order valence-corrected chi connectivity index (χ1v) is 7.24. The number of halogens is 1. The summed E-state index contributed by atoms with van der Waals surface area (Å²) in [5.74, 6) is 0.915. The molecule has 0 saturated carbocycles. The van der Waals surface area contributed by atoms with Gasteiger partial charge in [0.25, 0.3) is 11.8 Å². The van der Waals surface area contributed by atoms with Gasteiger partial charge >= 0.3 is 0 Å². The predicted molar refractivity (Wildman–Crippen MR) is 81.9 cm³/mol. The minimum atomic E-state index is -0.440. The molecule has 0 aliphatic carbocycles. The molecule has 0 bridgehead atoms. The van der Waals surface area contributed by atoms with Crippen molar-refractivity contribution in [2.45, 2.75) is 19.9 Å². The normalized spacial score (nSPS) is 12.1. The summed E-state index contributed by atoms with van der Waals surface area (Å²) < 4.78 is 10.1. The fraction of sp³-hybridized carbons (Fsp3) is 0.200. The predicted octanol–water partition coefficient (Wildman–Crippen LogP) is 3.18. The van der Waals surface area contributed by atoms with E-state index < -0.39 is 6.04 Å². The van der Waals surface area contributed by atoms with Crippen LogP contribution in [-0.2, 0) is 0 Å². The van der Waals surface area contributed by atoms with Crippen LogP contribution in [0.15, 0.2) is 39.4 Å². The summed E-state index contributed by atoms with van der Waals surface area (Å²) in [5, 5.41) is 10.9. The molecule has 3 aromatic rings. The van der Waals surface area contributed by atoms with Gasteiger partial charge in [-0.25, -0.2) is 0 Å². The Hall–Kier alpha value is -2.67. The monoisotopic (exact) mass is 332 g/mol. The molecule has 0 unspecified atom stereocenters. The number of aryl methyl sites for hydroxylation is 1. The Bertz CT molecular complexity index is 825. The first-order valence-electron chi connectivity index (χ1n) is 6.86. The molecule has 1 amide bonds. The van der Waals surface area contributed by atoms with Crippen LogP contribution in [0, 0.1) is 6.92 Å². The number of benzene rings is 1. The molecule has 1 aromatic carbocycles. The largest absolute Gasteiger partial charge is 0.361 e. The highest BCUT2D eigenvalue weighted by atomic mass is 35.5. The van der Waals surface area contributed by atoms with Crippen molar-refractivity contribution in [3.05, 3.63) is 52.6 Å². The number of nitrogens with zero attached hydrogens (tertiary/aromatic N) is 3. The molecular formula is C15H13ClN4O3. The van der Waals surface area contributed by atoms with Crippen molar-refractivity contribution in [1.82, 2.24) is 20.6 Å². The number of carbonyl (C=O) groups excluding carboxylic acids is 1. The van der Waals surface area contributed by atoms with E-state index in [0.29, 0.717) is 22.5 Å². The minimum absolute atomic E-state index is 0.204. The number of carbonyl (C=O) groups is 1. The van der Waals surface area contributed by atoms with Crippen LogP contribution < -0.4 is 5.32 Å². The second kappa shape index (κ2) is 6.21. The molecule has 8 heteroatoms. The molecule has 0 aliphatic rings. The van der Waals surface area contributed by atoms with Gasteiger partial charge in [-0.2, -0.15) is 4.98 Å². The Labute approximate surface area is 136 Å². The van der Waals surface area contributed by atoms with Gasteiger partial charge < -0.3 is 14.4 Å². The number of nitrogens with one attached hydrogen (secondary N) is 1. The van der Waals surface area contributed by atoms with Gasteiger partial charge in [0.1, 0.15) is 5.76 Å². The third kappa shape index (κ3) is 3.40. The van der Waals surface area contributed by atoms with Crippen molar-refractivity contribution in [2.75, 3.05) is 0 Å². The highest BCUT2D eigenvalue weighted by molar-refractivity contribution is 6.30. The second-order valence-corrected chi connectivity index (χ2v) is 5.42. The molecule has 0 radical (unpaired) electrons. The maximum atomic E-state index is 12.0. The van der Waals surface area contributed by atoms with Crippen LogP contribution in [0.2, 0.25) is 5.02 Å². The topological polar surface area (TPSA) is 94.1 Å². The van der Waals surface area contributed by atoms with Crippen LogP contribution in [0.1, 0.15) is 35.0 Å². The summed E-state index contributed by atoms with van der Waals surface area (Å²) in [7, 11) is 0. The Morgan fingerprint density at radius 3 is 2.61 bits per heavy atom. The molecule has 1 N–H and O–H groups in total. The first-order chi connectivity index (χ1) is 11.0. The lowest BCUT2D eigenvalue weighted by Gasteiger charge is -2.07. The zero-order valence-electron chi connectivity index (χ0n) is 12.4. The fourth-order valence-corrected chi connectivity index (χ4v) is 2.05. The smallest absolute Gasteiger partial charge is 0.274 e. The van der Waals surface area contributed by atoms with Crippen molar-refractivity contribution in [1.29, 1.82) is 0 Å². The number of hydrogen-bond donors (Lipinski definition) is 1. The first kappa shape index (κ1) is 15.2. The summed E-state index contributed by atoms with van der Waals surface area (Å²) >= 11 is 5.84. The molecule has 0 aliphatic heterocycles. The zero-order chi connectivity index (χ0) is 16.4. The third-order valence-electron chi connectivity index (χ3n) is 3.13. The Kier molecular flexibility index (Phi) is 4.12. The van der Waals surface area contributed by atoms with Crippen LogP contribution in [0.5, 0.6) is 0 Å². The van der Waals surface area contributed by atoms with Crippen LogP contribution in [-0.4, -0.2) is 21.2 Å². The summed E-state index contributed by atoms with van der Waals surface area (Å²) in [6.45, 7) is 3.46. The third-order valence-corrected chi connectivity index (χ3v) is 3.38. The Morgan fingerprint density at radius 2 is 1.96 bits per heavy atom. The number of amides is 1. The van der Waals surface area contributed by atoms with Crippen LogP contribution in [0.25, 0.3) is 11.5 Å². The summed E-state index contributed by atoms with van der Waals surface area (Å²) in [4.78, 5) is 16.3. The maximum Gasteiger partial charge on any atom is 0.274 e. The molecule has 118 valence electrons. The van der Waals surface area contributed by atoms with Crippen molar-refractivity contribution in [2.24, 2.45) is 0 Å². The van der Waals surface area contributed by atoms with E-state index in [1.807, 2.05) is 0 Å². The van der Waals surface area contributed by atoms with Gasteiger partial charge in [0, 0.05) is 16.7 Å². The highest BCUT2D eigenvalue weighted by Crippen LogP contribution is 2.21. The van der Waals surface area contributed by atoms with Gasteiger partial charge in [0.05, 0.1) is 6.04 Å². The van der Waals surface area contributed by atoms with Gasteiger partial charge in [-0.05, 0) is 38.1 Å². The van der Waals surface area contributed by atoms with Crippen molar-refractivity contribution >= 4 is 17.5 Å². The van der Waals surface area contributed by atoms with Crippen LogP contribution in [0.3, 0.4) is 0 Å². The van der Waals surface area contributed by atoms with Gasteiger partial charge in [-0.3, -0.25) is 4.79 Å². The molecule has 2 heterocycles. The molecule has 2 aromatic heterocycles. The lowest BCUT2D eigenvalue weighted by atomic mass is 10.2. The molecule has 0 fully saturated rings. The quantitative estimate of drug-likeness (QED) is 0.788. The molecule has 0 spiro atoms. The summed E-state index contributed by atoms with van der Waals surface area (Å²) in [6, 6.07) is 8.14. The van der Waals surface area contributed by atoms with E-state index in [4.69, 9.17) is 20.6 Å². The van der Waals surface area contributed by atoms with Crippen molar-refractivity contribution in [3.8, 4) is 11.5 Å². The highest BCUT2D eigenvalue weighted by Gasteiger charge is 2.19. The van der Waals surface area contributed by atoms with E-state index in [1.165, 1.54) is 0 Å². The lowest BCUT2D eigenvalue weighted by Crippen LogP contribution is -2.27. The second-order valence-electron chi connectivity index (χ2n) is 4.98. The van der Waals surface area contributed by atoms with Gasteiger partial charge in [0.2, 0.25) is 0 Å². The average molecular weight is 333 g/mol. The van der Waals surface area contributed by atoms with Crippen molar-refractivity contribution in [3.63, 3.8) is 0 Å². The summed E-state index contributed by atoms with van der Waals surface area (Å²) in [6.07, 6.45) is 0. The van der Waals surface area contributed by atoms with Gasteiger partial charge in [0.15, 0.2) is 11.5 Å². The molecule has 3 rings (SSSR count). The standard InChI is InChI=1S/C15H13ClN4O3/c1-8-7-12(19-22-8)14(21)17-9(2)13-18-15(23-20-13)10-3-5-11(16)6-4-10/h3-7,9H,1-2H3,(H,17,21)/t9-/m1/s1. The Morgan fingerprint density at radius 1 is 1.22 bits per heavy atom. The van der Waals surface area contributed by atoms with Gasteiger partial charge in [-0.15, -0.1) is 0 Å². The van der Waals surface area contributed by atoms with E-state index in [9.17, 15) is 4.79 Å². The molecule has 1 atom stereocenters. The lowest BCUT2D eigenvalue weighted by molar-refractivity contribution is 0.0928. The van der Waals surface area contributed by atoms with E-state index in [0.717, 1.165) is 5.56 Å². The molecule has 0 saturated heterocycles. The van der Waals surface area contributed by atoms with Gasteiger partial charge in [-0.1, -0.05) is 21.9 Å². The Balaban J connectivity index is 1.72. The number of hydrogen-bond acceptors (Lipinski definition) is 6. The maximum absolute atomic E-state index is 12.0. The SMILES string of the molecule is Cc1cc(C(=O)N[C@H](C)c2noc(-c3ccc(Cl)cc3)n2)no1. The number of aromatic nitrogens is 3. The van der Waals surface area contributed by atoms with E-state index >= 15 is 0 Å². The van der Waals surface area contributed by atoms with Crippen LogP contribution >= 0.6 is 11.6 Å². The summed E-state index contributed by atoms with van der Waals surface area (Å²) in [5.41, 5.74) is 0.953. The average Bonchev–Trinajstić information content (AvgIpc) is 3.17. The van der Waals surface area contributed by atoms with E-state index in [-0.39, 0.29) is 11.6 Å². The number of rotatable bonds is 4. The minimum Gasteiger partial charge on any atom is -0.361 e. The van der Waals surface area contributed by atoms with E-state index in [2.05, 4.69) is 20.6 Å². The van der Waals surface area contributed by atoms with Crippen molar-refractivity contribution < 1.29 is 13.8 Å². The van der Waals surface area contributed by atoms with E-state index in [1.54, 1.807) is 44.2 Å². The molecule has 23 heavy (non-hydrogen) atoms. The zero-order valence-corrected chi connectivity index (χ0v) is 13.2. The molecule has 7 nitrogen and oxygen atoms in total. The fourth-order valence-electron chi connectivity index (χ4n) is 1.93.